The molecule has 0 amide bonds. The van der Waals surface area contributed by atoms with Gasteiger partial charge >= 0.3 is 0 Å². The first-order valence-electron chi connectivity index (χ1n) is 9.51. The molecule has 0 radical (unpaired) electrons. The third-order valence-corrected chi connectivity index (χ3v) is 6.15. The zero-order valence-electron chi connectivity index (χ0n) is 17.0. The average molecular weight is 436 g/mol. The van der Waals surface area contributed by atoms with E-state index in [1.165, 1.54) is 12.1 Å². The molecule has 0 unspecified atom stereocenters. The average Bonchev–Trinajstić information content (AvgIpc) is 3.12. The third kappa shape index (κ3) is 4.76. The molecule has 4 aromatic rings. The van der Waals surface area contributed by atoms with Gasteiger partial charge in [-0.15, -0.1) is 0 Å². The number of sulfonamides is 1. The molecular weight excluding hydrogens is 414 g/mol. The normalized spacial score (nSPS) is 11.4. The number of benzene rings is 1. The van der Waals surface area contributed by atoms with Gasteiger partial charge in [0.25, 0.3) is 0 Å². The Labute approximate surface area is 180 Å². The quantitative estimate of drug-likeness (QED) is 0.459. The second kappa shape index (κ2) is 8.62. The van der Waals surface area contributed by atoms with E-state index in [1.807, 2.05) is 30.7 Å². The molecule has 2 N–H and O–H groups in total. The number of aromatic nitrogens is 5. The molecule has 1 aromatic carbocycles. The van der Waals surface area contributed by atoms with Gasteiger partial charge in [-0.05, 0) is 49.4 Å². The zero-order valence-corrected chi connectivity index (χ0v) is 17.8. The molecule has 31 heavy (non-hydrogen) atoms. The van der Waals surface area contributed by atoms with Crippen LogP contribution in [0.4, 0.5) is 11.6 Å². The van der Waals surface area contributed by atoms with E-state index in [9.17, 15) is 8.42 Å². The van der Waals surface area contributed by atoms with Gasteiger partial charge in [-0.3, -0.25) is 4.98 Å². The Morgan fingerprint density at radius 3 is 2.45 bits per heavy atom. The third-order valence-electron chi connectivity index (χ3n) is 4.73. The van der Waals surface area contributed by atoms with Gasteiger partial charge in [-0.1, -0.05) is 6.07 Å². The summed E-state index contributed by atoms with van der Waals surface area (Å²) in [6.07, 6.45) is 5.04. The number of hydrogen-bond acceptors (Lipinski definition) is 7. The fourth-order valence-electron chi connectivity index (χ4n) is 2.90. The summed E-state index contributed by atoms with van der Waals surface area (Å²) >= 11 is 0. The number of nitrogens with one attached hydrogen (secondary N) is 2. The first-order valence-corrected chi connectivity index (χ1v) is 11.0. The van der Waals surface area contributed by atoms with Crippen LogP contribution in [0.5, 0.6) is 0 Å². The van der Waals surface area contributed by atoms with Gasteiger partial charge in [0.15, 0.2) is 0 Å². The lowest BCUT2D eigenvalue weighted by Gasteiger charge is -2.09. The van der Waals surface area contributed by atoms with Crippen molar-refractivity contribution in [2.75, 3.05) is 5.32 Å². The number of imidazole rings is 1. The summed E-state index contributed by atoms with van der Waals surface area (Å²) in [4.78, 5) is 17.3. The van der Waals surface area contributed by atoms with Crippen LogP contribution in [0.15, 0.2) is 72.0 Å². The van der Waals surface area contributed by atoms with Crippen molar-refractivity contribution in [1.82, 2.24) is 29.2 Å². The van der Waals surface area contributed by atoms with E-state index in [1.54, 1.807) is 42.9 Å². The highest BCUT2D eigenvalue weighted by atomic mass is 32.2. The van der Waals surface area contributed by atoms with Gasteiger partial charge in [0.1, 0.15) is 5.82 Å². The highest BCUT2D eigenvalue weighted by Crippen LogP contribution is 2.21. The molecule has 3 heterocycles. The van der Waals surface area contributed by atoms with Crippen molar-refractivity contribution < 1.29 is 8.42 Å². The van der Waals surface area contributed by atoms with E-state index < -0.39 is 10.0 Å². The molecule has 0 bridgehead atoms. The number of rotatable bonds is 7. The molecule has 158 valence electrons. The zero-order chi connectivity index (χ0) is 21.8. The molecule has 9 nitrogen and oxygen atoms in total. The lowest BCUT2D eigenvalue weighted by Crippen LogP contribution is -2.23. The SMILES string of the molecule is Cc1ncc(-c2ccnc(Nc3ccc(S(=O)(=O)NCc4ccccn4)cc3)n2)n1C. The van der Waals surface area contributed by atoms with Crippen molar-refractivity contribution in [3.63, 3.8) is 0 Å². The lowest BCUT2D eigenvalue weighted by molar-refractivity contribution is 0.580. The van der Waals surface area contributed by atoms with E-state index in [4.69, 9.17) is 0 Å². The highest BCUT2D eigenvalue weighted by molar-refractivity contribution is 7.89. The van der Waals surface area contributed by atoms with E-state index in [-0.39, 0.29) is 11.4 Å². The molecule has 10 heteroatoms. The van der Waals surface area contributed by atoms with E-state index in [0.29, 0.717) is 17.3 Å². The summed E-state index contributed by atoms with van der Waals surface area (Å²) in [6, 6.07) is 13.5. The van der Waals surface area contributed by atoms with Crippen molar-refractivity contribution in [1.29, 1.82) is 0 Å². The Morgan fingerprint density at radius 1 is 0.968 bits per heavy atom. The monoisotopic (exact) mass is 435 g/mol. The summed E-state index contributed by atoms with van der Waals surface area (Å²) in [6.45, 7) is 2.04. The number of hydrogen-bond donors (Lipinski definition) is 2. The fraction of sp³-hybridized carbons (Fsp3) is 0.143. The van der Waals surface area contributed by atoms with Crippen LogP contribution in [0, 0.1) is 6.92 Å². The van der Waals surface area contributed by atoms with Gasteiger partial charge in [0.2, 0.25) is 16.0 Å². The molecule has 0 saturated carbocycles. The second-order valence-corrected chi connectivity index (χ2v) is 8.58. The molecule has 0 saturated heterocycles. The van der Waals surface area contributed by atoms with Crippen LogP contribution in [0.3, 0.4) is 0 Å². The van der Waals surface area contributed by atoms with Gasteiger partial charge in [-0.2, -0.15) is 0 Å². The molecule has 3 aromatic heterocycles. The summed E-state index contributed by atoms with van der Waals surface area (Å²) in [5.74, 6) is 1.29. The van der Waals surface area contributed by atoms with E-state index in [0.717, 1.165) is 17.2 Å². The molecule has 4 rings (SSSR count). The van der Waals surface area contributed by atoms with Crippen LogP contribution >= 0.6 is 0 Å². The molecule has 0 aliphatic heterocycles. The van der Waals surface area contributed by atoms with Crippen molar-refractivity contribution >= 4 is 21.7 Å². The highest BCUT2D eigenvalue weighted by Gasteiger charge is 2.14. The number of aryl methyl sites for hydroxylation is 1. The van der Waals surface area contributed by atoms with Crippen molar-refractivity contribution in [3.05, 3.63) is 78.6 Å². The largest absolute Gasteiger partial charge is 0.330 e. The van der Waals surface area contributed by atoms with Crippen LogP contribution < -0.4 is 10.0 Å². The van der Waals surface area contributed by atoms with Crippen molar-refractivity contribution in [3.8, 4) is 11.4 Å². The minimum atomic E-state index is -3.65. The number of nitrogens with zero attached hydrogens (tertiary/aromatic N) is 5. The topological polar surface area (TPSA) is 115 Å². The van der Waals surface area contributed by atoms with Crippen molar-refractivity contribution in [2.24, 2.45) is 7.05 Å². The smallest absolute Gasteiger partial charge is 0.240 e. The summed E-state index contributed by atoms with van der Waals surface area (Å²) in [7, 11) is -1.73. The maximum atomic E-state index is 12.5. The van der Waals surface area contributed by atoms with Gasteiger partial charge in [0, 0.05) is 25.1 Å². The van der Waals surface area contributed by atoms with Crippen LogP contribution in [0.1, 0.15) is 11.5 Å². The Kier molecular flexibility index (Phi) is 5.74. The minimum Gasteiger partial charge on any atom is -0.330 e. The predicted octanol–water partition coefficient (Wildman–Crippen LogP) is 2.80. The van der Waals surface area contributed by atoms with Gasteiger partial charge in [0.05, 0.1) is 34.7 Å². The van der Waals surface area contributed by atoms with E-state index in [2.05, 4.69) is 30.0 Å². The van der Waals surface area contributed by atoms with Crippen molar-refractivity contribution in [2.45, 2.75) is 18.4 Å². The molecule has 0 fully saturated rings. The van der Waals surface area contributed by atoms with Crippen LogP contribution in [0.25, 0.3) is 11.4 Å². The molecular formula is C21H21N7O2S. The van der Waals surface area contributed by atoms with Gasteiger partial charge < -0.3 is 9.88 Å². The first-order chi connectivity index (χ1) is 14.9. The Balaban J connectivity index is 1.46. The Bertz CT molecular complexity index is 1290. The maximum Gasteiger partial charge on any atom is 0.240 e. The maximum absolute atomic E-state index is 12.5. The molecule has 0 atom stereocenters. The molecule has 0 aliphatic rings. The minimum absolute atomic E-state index is 0.122. The fourth-order valence-corrected chi connectivity index (χ4v) is 3.90. The van der Waals surface area contributed by atoms with Crippen LogP contribution in [-0.2, 0) is 23.6 Å². The van der Waals surface area contributed by atoms with Gasteiger partial charge in [-0.25, -0.2) is 28.1 Å². The standard InChI is InChI=1S/C21H21N7O2S/c1-15-24-14-20(28(15)2)19-10-12-23-21(27-19)26-16-6-8-18(9-7-16)31(29,30)25-13-17-5-3-4-11-22-17/h3-12,14,25H,13H2,1-2H3,(H,23,26,27). The Morgan fingerprint density at radius 2 is 1.77 bits per heavy atom. The molecule has 0 spiro atoms. The van der Waals surface area contributed by atoms with E-state index >= 15 is 0 Å². The number of pyridine rings is 1. The summed E-state index contributed by atoms with van der Waals surface area (Å²) in [5, 5.41) is 3.10. The Hall–Kier alpha value is -3.63. The summed E-state index contributed by atoms with van der Waals surface area (Å²) in [5.41, 5.74) is 2.92. The lowest BCUT2D eigenvalue weighted by atomic mass is 10.3. The van der Waals surface area contributed by atoms with Crippen LogP contribution in [-0.4, -0.2) is 32.9 Å². The first kappa shape index (κ1) is 20.6. The summed E-state index contributed by atoms with van der Waals surface area (Å²) < 4.78 is 29.5. The number of anilines is 2. The predicted molar refractivity (Wildman–Crippen MR) is 117 cm³/mol. The van der Waals surface area contributed by atoms with Crippen LogP contribution in [0.2, 0.25) is 0 Å². The molecule has 0 aliphatic carbocycles. The second-order valence-electron chi connectivity index (χ2n) is 6.81.